The molecule has 2 aliphatic rings. The summed E-state index contributed by atoms with van der Waals surface area (Å²) < 4.78 is 11.4. The molecule has 9 heteroatoms. The Balaban J connectivity index is 1.29. The van der Waals surface area contributed by atoms with Gasteiger partial charge in [-0.25, -0.2) is 4.79 Å². The van der Waals surface area contributed by atoms with Gasteiger partial charge in [-0.3, -0.25) is 14.5 Å². The summed E-state index contributed by atoms with van der Waals surface area (Å²) in [6.45, 7) is 3.21. The Morgan fingerprint density at radius 2 is 1.57 bits per heavy atom. The minimum Gasteiger partial charge on any atom is -0.481 e. The molecule has 2 N–H and O–H groups in total. The standard InChI is InChI=1S/C33H37N3O6/c1-3-41-30-20-36(18-27(30)32(38)39)31(37)29(19-35(2)17-22-11-5-4-6-12-22)34-33(40)42-21-28-25-15-9-7-13-23(25)24-14-8-10-16-26(24)28/h4-16,27-30H,3,17-21H2,1-2H3,(H,34,40)(H,38,39). The molecule has 0 radical (unpaired) electrons. The number of fused-ring (bicyclic) bond motifs is 3. The number of rotatable bonds is 11. The van der Waals surface area contributed by atoms with Gasteiger partial charge in [-0.15, -0.1) is 0 Å². The van der Waals surface area contributed by atoms with Gasteiger partial charge < -0.3 is 24.8 Å². The average molecular weight is 572 g/mol. The molecule has 3 aromatic carbocycles. The Hall–Kier alpha value is -4.21. The van der Waals surface area contributed by atoms with E-state index in [1.54, 1.807) is 6.92 Å². The predicted molar refractivity (Wildman–Crippen MR) is 158 cm³/mol. The fourth-order valence-electron chi connectivity index (χ4n) is 6.03. The van der Waals surface area contributed by atoms with Gasteiger partial charge >= 0.3 is 12.1 Å². The summed E-state index contributed by atoms with van der Waals surface area (Å²) in [6.07, 6.45) is -1.30. The smallest absolute Gasteiger partial charge is 0.407 e. The summed E-state index contributed by atoms with van der Waals surface area (Å²) >= 11 is 0. The lowest BCUT2D eigenvalue weighted by Gasteiger charge is -2.28. The van der Waals surface area contributed by atoms with Gasteiger partial charge in [-0.1, -0.05) is 78.9 Å². The van der Waals surface area contributed by atoms with E-state index in [2.05, 4.69) is 17.4 Å². The van der Waals surface area contributed by atoms with E-state index in [0.29, 0.717) is 13.2 Å². The van der Waals surface area contributed by atoms with E-state index in [-0.39, 0.29) is 38.1 Å². The van der Waals surface area contributed by atoms with Gasteiger partial charge in [-0.05, 0) is 41.8 Å². The van der Waals surface area contributed by atoms with Crippen LogP contribution in [-0.4, -0.2) is 84.9 Å². The molecule has 3 aromatic rings. The zero-order valence-corrected chi connectivity index (χ0v) is 23.9. The number of benzene rings is 3. The Labute approximate surface area is 246 Å². The molecule has 3 atom stereocenters. The number of carboxylic acid groups (broad SMARTS) is 1. The SMILES string of the molecule is CCOC1CN(C(=O)C(CN(C)Cc2ccccc2)NC(=O)OCC2c3ccccc3-c3ccccc32)CC1C(=O)O. The molecule has 0 saturated carbocycles. The van der Waals surface area contributed by atoms with Gasteiger partial charge in [0.2, 0.25) is 5.91 Å². The normalized spacial score (nSPS) is 18.4. The maximum absolute atomic E-state index is 13.8. The van der Waals surface area contributed by atoms with Crippen molar-refractivity contribution < 1.29 is 29.0 Å². The zero-order valence-electron chi connectivity index (χ0n) is 23.9. The Kier molecular flexibility index (Phi) is 9.19. The molecule has 220 valence electrons. The van der Waals surface area contributed by atoms with Gasteiger partial charge in [0, 0.05) is 38.7 Å². The second kappa shape index (κ2) is 13.2. The molecule has 9 nitrogen and oxygen atoms in total. The van der Waals surface area contributed by atoms with E-state index in [1.165, 1.54) is 4.90 Å². The van der Waals surface area contributed by atoms with Gasteiger partial charge in [0.1, 0.15) is 18.6 Å². The van der Waals surface area contributed by atoms with Gasteiger partial charge in [-0.2, -0.15) is 0 Å². The average Bonchev–Trinajstić information content (AvgIpc) is 3.56. The number of amides is 2. The molecule has 1 fully saturated rings. The van der Waals surface area contributed by atoms with Crippen LogP contribution in [0.2, 0.25) is 0 Å². The van der Waals surface area contributed by atoms with Crippen LogP contribution in [0, 0.1) is 5.92 Å². The van der Waals surface area contributed by atoms with E-state index in [9.17, 15) is 19.5 Å². The zero-order chi connectivity index (χ0) is 29.6. The first-order valence-electron chi connectivity index (χ1n) is 14.3. The quantitative estimate of drug-likeness (QED) is 0.359. The molecule has 1 aliphatic heterocycles. The monoisotopic (exact) mass is 571 g/mol. The number of carbonyl (C=O) groups excluding carboxylic acids is 2. The van der Waals surface area contributed by atoms with Crippen LogP contribution in [0.3, 0.4) is 0 Å². The summed E-state index contributed by atoms with van der Waals surface area (Å²) in [5, 5.41) is 12.5. The highest BCUT2D eigenvalue weighted by molar-refractivity contribution is 5.87. The van der Waals surface area contributed by atoms with Crippen molar-refractivity contribution in [2.24, 2.45) is 5.92 Å². The fraction of sp³-hybridized carbons (Fsp3) is 0.364. The number of aliphatic carboxylic acids is 1. The Morgan fingerprint density at radius 3 is 2.19 bits per heavy atom. The molecule has 0 spiro atoms. The van der Waals surface area contributed by atoms with Crippen LogP contribution in [0.4, 0.5) is 4.79 Å². The number of alkyl carbamates (subject to hydrolysis) is 1. The number of hydrogen-bond donors (Lipinski definition) is 2. The topological polar surface area (TPSA) is 108 Å². The number of carbonyl (C=O) groups is 3. The third-order valence-electron chi connectivity index (χ3n) is 8.00. The molecule has 0 aromatic heterocycles. The lowest BCUT2D eigenvalue weighted by atomic mass is 9.98. The van der Waals surface area contributed by atoms with Crippen molar-refractivity contribution in [3.05, 3.63) is 95.6 Å². The summed E-state index contributed by atoms with van der Waals surface area (Å²) in [4.78, 5) is 42.2. The maximum Gasteiger partial charge on any atom is 0.407 e. The van der Waals surface area contributed by atoms with Crippen LogP contribution in [0.5, 0.6) is 0 Å². The fourth-order valence-corrected chi connectivity index (χ4v) is 6.03. The predicted octanol–water partition coefficient (Wildman–Crippen LogP) is 3.97. The van der Waals surface area contributed by atoms with E-state index in [4.69, 9.17) is 9.47 Å². The minimum atomic E-state index is -1.01. The highest BCUT2D eigenvalue weighted by Crippen LogP contribution is 2.44. The molecule has 0 bridgehead atoms. The van der Waals surface area contributed by atoms with Crippen LogP contribution < -0.4 is 5.32 Å². The first kappa shape index (κ1) is 29.3. The molecule has 1 aliphatic carbocycles. The minimum absolute atomic E-state index is 0.0180. The van der Waals surface area contributed by atoms with Crippen molar-refractivity contribution in [3.8, 4) is 11.1 Å². The van der Waals surface area contributed by atoms with E-state index >= 15 is 0 Å². The van der Waals surface area contributed by atoms with Crippen molar-refractivity contribution in [3.63, 3.8) is 0 Å². The van der Waals surface area contributed by atoms with Crippen molar-refractivity contribution >= 4 is 18.0 Å². The van der Waals surface area contributed by atoms with Crippen LogP contribution >= 0.6 is 0 Å². The molecular formula is C33H37N3O6. The van der Waals surface area contributed by atoms with Crippen LogP contribution in [-0.2, 0) is 25.6 Å². The molecule has 1 saturated heterocycles. The number of likely N-dealkylation sites (N-methyl/N-ethyl adjacent to an activating group) is 1. The first-order chi connectivity index (χ1) is 20.4. The largest absolute Gasteiger partial charge is 0.481 e. The number of ether oxygens (including phenoxy) is 2. The van der Waals surface area contributed by atoms with Gasteiger partial charge in [0.25, 0.3) is 0 Å². The number of carboxylic acids is 1. The molecule has 2 amide bonds. The molecule has 42 heavy (non-hydrogen) atoms. The third kappa shape index (κ3) is 6.48. The number of hydrogen-bond acceptors (Lipinski definition) is 6. The summed E-state index contributed by atoms with van der Waals surface area (Å²) in [5.74, 6) is -2.31. The molecule has 1 heterocycles. The number of nitrogens with one attached hydrogen (secondary N) is 1. The lowest BCUT2D eigenvalue weighted by molar-refractivity contribution is -0.145. The van der Waals surface area contributed by atoms with Gasteiger partial charge in [0.05, 0.1) is 6.10 Å². The van der Waals surface area contributed by atoms with E-state index in [1.807, 2.05) is 78.7 Å². The van der Waals surface area contributed by atoms with E-state index < -0.39 is 30.1 Å². The van der Waals surface area contributed by atoms with Crippen molar-refractivity contribution in [1.82, 2.24) is 15.1 Å². The Bertz CT molecular complexity index is 1370. The first-order valence-corrected chi connectivity index (χ1v) is 14.3. The van der Waals surface area contributed by atoms with Crippen molar-refractivity contribution in [2.75, 3.05) is 39.9 Å². The second-order valence-electron chi connectivity index (χ2n) is 10.9. The van der Waals surface area contributed by atoms with Crippen molar-refractivity contribution in [2.45, 2.75) is 31.5 Å². The highest BCUT2D eigenvalue weighted by Gasteiger charge is 2.42. The van der Waals surface area contributed by atoms with Crippen molar-refractivity contribution in [1.29, 1.82) is 0 Å². The lowest BCUT2D eigenvalue weighted by Crippen LogP contribution is -2.53. The number of likely N-dealkylation sites (tertiary alicyclic amines) is 1. The summed E-state index contributed by atoms with van der Waals surface area (Å²) in [7, 11) is 1.87. The second-order valence-corrected chi connectivity index (χ2v) is 10.9. The van der Waals surface area contributed by atoms with Crippen LogP contribution in [0.1, 0.15) is 29.5 Å². The molecule has 5 rings (SSSR count). The van der Waals surface area contributed by atoms with Gasteiger partial charge in [0.15, 0.2) is 0 Å². The summed E-state index contributed by atoms with van der Waals surface area (Å²) in [5.41, 5.74) is 5.52. The molecule has 3 unspecified atom stereocenters. The third-order valence-corrected chi connectivity index (χ3v) is 8.00. The van der Waals surface area contributed by atoms with Crippen LogP contribution in [0.25, 0.3) is 11.1 Å². The maximum atomic E-state index is 13.8. The Morgan fingerprint density at radius 1 is 0.952 bits per heavy atom. The summed E-state index contributed by atoms with van der Waals surface area (Å²) in [6, 6.07) is 25.1. The van der Waals surface area contributed by atoms with E-state index in [0.717, 1.165) is 27.8 Å². The van der Waals surface area contributed by atoms with Crippen LogP contribution in [0.15, 0.2) is 78.9 Å². The highest BCUT2D eigenvalue weighted by atomic mass is 16.5. The number of nitrogens with zero attached hydrogens (tertiary/aromatic N) is 2. The molecular weight excluding hydrogens is 534 g/mol.